The van der Waals surface area contributed by atoms with Crippen LogP contribution < -0.4 is 19.3 Å². The van der Waals surface area contributed by atoms with Crippen LogP contribution in [0, 0.1) is 11.8 Å². The minimum absolute atomic E-state index is 0.0128. The highest BCUT2D eigenvalue weighted by Gasteiger charge is 2.73. The molecule has 29 heavy (non-hydrogen) atoms. The Morgan fingerprint density at radius 1 is 1.24 bits per heavy atom. The lowest BCUT2D eigenvalue weighted by Crippen LogP contribution is -3.16. The number of rotatable bonds is 2. The van der Waals surface area contributed by atoms with Gasteiger partial charge in [-0.05, 0) is 23.1 Å². The Kier molecular flexibility index (Phi) is 3.08. The van der Waals surface area contributed by atoms with Gasteiger partial charge in [-0.1, -0.05) is 6.08 Å². The van der Waals surface area contributed by atoms with E-state index in [1.54, 1.807) is 24.7 Å². The van der Waals surface area contributed by atoms with Gasteiger partial charge in [-0.15, -0.1) is 0 Å². The molecular weight excluding hydrogens is 368 g/mol. The second-order valence-electron chi connectivity index (χ2n) is 9.64. The number of nitrogens with one attached hydrogen (secondary N) is 1. The van der Waals surface area contributed by atoms with Crippen LogP contribution in [-0.2, 0) is 14.9 Å². The van der Waals surface area contributed by atoms with E-state index in [0.29, 0.717) is 36.7 Å². The van der Waals surface area contributed by atoms with Gasteiger partial charge in [-0.2, -0.15) is 0 Å². The number of ether oxygens (including phenoxy) is 3. The Morgan fingerprint density at radius 2 is 2.07 bits per heavy atom. The van der Waals surface area contributed by atoms with Crippen molar-refractivity contribution in [2.24, 2.45) is 11.8 Å². The summed E-state index contributed by atoms with van der Waals surface area (Å²) in [5, 5.41) is 0. The number of carbonyl (C=O) groups is 1. The van der Waals surface area contributed by atoms with Gasteiger partial charge in [-0.25, -0.2) is 0 Å². The number of amides is 1. The zero-order chi connectivity index (χ0) is 19.5. The fourth-order valence-corrected chi connectivity index (χ4v) is 8.09. The van der Waals surface area contributed by atoms with Crippen molar-refractivity contribution < 1.29 is 23.9 Å². The highest BCUT2D eigenvalue weighted by molar-refractivity contribution is 5.99. The molecule has 152 valence electrons. The first kappa shape index (κ1) is 16.7. The molecule has 7 rings (SSSR count). The molecule has 3 saturated heterocycles. The Morgan fingerprint density at radius 3 is 2.90 bits per heavy atom. The molecule has 0 radical (unpaired) electrons. The largest absolute Gasteiger partial charge is 0.493 e. The van der Waals surface area contributed by atoms with Crippen LogP contribution in [0.1, 0.15) is 24.8 Å². The molecule has 1 aromatic rings. The lowest BCUT2D eigenvalue weighted by molar-refractivity contribution is -0.916. The predicted octanol–water partition coefficient (Wildman–Crippen LogP) is 0.693. The van der Waals surface area contributed by atoms with Crippen LogP contribution in [-0.4, -0.2) is 58.0 Å². The molecule has 6 aliphatic rings. The number of hydrogen-bond donors (Lipinski definition) is 1. The second-order valence-corrected chi connectivity index (χ2v) is 9.64. The van der Waals surface area contributed by atoms with Gasteiger partial charge in [0.05, 0.1) is 63.6 Å². The van der Waals surface area contributed by atoms with E-state index in [0.717, 1.165) is 24.4 Å². The fraction of sp³-hybridized carbons (Fsp3) is 0.609. The van der Waals surface area contributed by atoms with Gasteiger partial charge in [0.2, 0.25) is 5.91 Å². The molecule has 1 N–H and O–H groups in total. The third-order valence-corrected chi connectivity index (χ3v) is 9.00. The summed E-state index contributed by atoms with van der Waals surface area (Å²) in [7, 11) is 3.37. The summed E-state index contributed by atoms with van der Waals surface area (Å²) in [5.41, 5.74) is 3.96. The summed E-state index contributed by atoms with van der Waals surface area (Å²) in [4.78, 5) is 17.3. The number of quaternary nitrogens is 1. The number of carbonyl (C=O) groups excluding carboxylic acids is 1. The minimum Gasteiger partial charge on any atom is -0.493 e. The third-order valence-electron chi connectivity index (χ3n) is 9.00. The van der Waals surface area contributed by atoms with E-state index in [-0.39, 0.29) is 23.5 Å². The fourth-order valence-electron chi connectivity index (χ4n) is 8.09. The highest BCUT2D eigenvalue weighted by Crippen LogP contribution is 2.63. The smallest absolute Gasteiger partial charge is 0.229 e. The van der Waals surface area contributed by atoms with Crippen LogP contribution in [0.3, 0.4) is 0 Å². The molecule has 6 nitrogen and oxygen atoms in total. The van der Waals surface area contributed by atoms with E-state index in [9.17, 15) is 4.79 Å². The van der Waals surface area contributed by atoms with Crippen molar-refractivity contribution in [3.05, 3.63) is 29.3 Å². The van der Waals surface area contributed by atoms with Crippen LogP contribution >= 0.6 is 0 Å². The zero-order valence-electron chi connectivity index (χ0n) is 16.9. The van der Waals surface area contributed by atoms with Gasteiger partial charge < -0.3 is 24.0 Å². The number of hydrogen-bond acceptors (Lipinski definition) is 4. The summed E-state index contributed by atoms with van der Waals surface area (Å²) in [6.07, 6.45) is 5.22. The lowest BCUT2D eigenvalue weighted by atomic mass is 9.53. The number of benzene rings is 1. The second kappa shape index (κ2) is 5.35. The van der Waals surface area contributed by atoms with Crippen molar-refractivity contribution in [2.75, 3.05) is 38.8 Å². The highest BCUT2D eigenvalue weighted by atomic mass is 16.5. The zero-order valence-corrected chi connectivity index (χ0v) is 16.9. The first-order chi connectivity index (χ1) is 14.2. The first-order valence-corrected chi connectivity index (χ1v) is 10.9. The van der Waals surface area contributed by atoms with Gasteiger partial charge in [0.15, 0.2) is 11.5 Å². The molecule has 5 heterocycles. The molecule has 1 saturated carbocycles. The normalized spacial score (nSPS) is 42.9. The van der Waals surface area contributed by atoms with Gasteiger partial charge in [0.1, 0.15) is 6.04 Å². The van der Waals surface area contributed by atoms with Crippen LogP contribution in [0.4, 0.5) is 5.69 Å². The molecule has 1 spiro atoms. The van der Waals surface area contributed by atoms with Crippen LogP contribution in [0.25, 0.3) is 0 Å². The molecule has 2 bridgehead atoms. The quantitative estimate of drug-likeness (QED) is 0.749. The molecular formula is C23H27N2O4+. The molecule has 5 aliphatic heterocycles. The van der Waals surface area contributed by atoms with Crippen molar-refractivity contribution in [2.45, 2.75) is 42.9 Å². The van der Waals surface area contributed by atoms with E-state index in [2.05, 4.69) is 23.1 Å². The van der Waals surface area contributed by atoms with E-state index < -0.39 is 0 Å². The number of anilines is 1. The van der Waals surface area contributed by atoms with E-state index in [4.69, 9.17) is 14.2 Å². The average molecular weight is 395 g/mol. The molecule has 1 aliphatic carbocycles. The lowest BCUT2D eigenvalue weighted by Gasteiger charge is -2.56. The van der Waals surface area contributed by atoms with Gasteiger partial charge in [0.25, 0.3) is 0 Å². The Balaban J connectivity index is 1.52. The van der Waals surface area contributed by atoms with E-state index in [1.807, 2.05) is 0 Å². The predicted molar refractivity (Wildman–Crippen MR) is 106 cm³/mol. The van der Waals surface area contributed by atoms with Crippen LogP contribution in [0.15, 0.2) is 23.8 Å². The number of fused-ring (bicyclic) bond motifs is 2. The number of piperidine rings is 2. The van der Waals surface area contributed by atoms with Crippen LogP contribution in [0.2, 0.25) is 0 Å². The SMILES string of the molecule is COc1cc2c(cc1OC)C13CC[NH+]4CC5=CCOC6CC(=O)N2C1C6C5CC43. The molecule has 0 aromatic heterocycles. The van der Waals surface area contributed by atoms with Gasteiger partial charge in [0, 0.05) is 24.8 Å². The maximum absolute atomic E-state index is 13.5. The Hall–Kier alpha value is -2.05. The van der Waals surface area contributed by atoms with E-state index in [1.165, 1.54) is 18.5 Å². The van der Waals surface area contributed by atoms with Crippen molar-refractivity contribution in [3.63, 3.8) is 0 Å². The summed E-state index contributed by atoms with van der Waals surface area (Å²) in [6.45, 7) is 2.98. The Labute approximate surface area is 170 Å². The maximum atomic E-state index is 13.5. The average Bonchev–Trinajstić information content (AvgIpc) is 3.20. The van der Waals surface area contributed by atoms with Crippen molar-refractivity contribution in [1.82, 2.24) is 0 Å². The Bertz CT molecular complexity index is 974. The van der Waals surface area contributed by atoms with Gasteiger partial charge >= 0.3 is 0 Å². The van der Waals surface area contributed by atoms with Crippen LogP contribution in [0.5, 0.6) is 11.5 Å². The van der Waals surface area contributed by atoms with Crippen molar-refractivity contribution in [1.29, 1.82) is 0 Å². The molecule has 1 aromatic carbocycles. The monoisotopic (exact) mass is 395 g/mol. The molecule has 1 amide bonds. The van der Waals surface area contributed by atoms with E-state index >= 15 is 0 Å². The standard InChI is InChI=1S/C23H26N2O4/c1-27-16-8-14-15(9-17(16)28-2)25-20(26)10-18-21-13-7-19-23(14,22(21)25)4-5-24(19)11-12(13)3-6-29-18/h3,8-9,13,18-19,21-22H,4-7,10-11H2,1-2H3/p+1. The van der Waals surface area contributed by atoms with Crippen molar-refractivity contribution in [3.8, 4) is 11.5 Å². The summed E-state index contributed by atoms with van der Waals surface area (Å²) < 4.78 is 17.6. The molecule has 4 fully saturated rings. The topological polar surface area (TPSA) is 52.4 Å². The number of nitrogens with zero attached hydrogens (tertiary/aromatic N) is 1. The van der Waals surface area contributed by atoms with Crippen molar-refractivity contribution >= 4 is 11.6 Å². The number of methoxy groups -OCH3 is 2. The van der Waals surface area contributed by atoms with Gasteiger partial charge in [-0.3, -0.25) is 4.79 Å². The maximum Gasteiger partial charge on any atom is 0.229 e. The summed E-state index contributed by atoms with van der Waals surface area (Å²) in [5.74, 6) is 2.63. The summed E-state index contributed by atoms with van der Waals surface area (Å²) in [6, 6.07) is 5.00. The molecule has 7 unspecified atom stereocenters. The first-order valence-electron chi connectivity index (χ1n) is 10.9. The third kappa shape index (κ3) is 1.76. The summed E-state index contributed by atoms with van der Waals surface area (Å²) >= 11 is 0. The molecule has 7 atom stereocenters. The molecule has 6 heteroatoms. The minimum atomic E-state index is 0.0128.